The Morgan fingerprint density at radius 1 is 1.17 bits per heavy atom. The molecule has 1 fully saturated rings. The van der Waals surface area contributed by atoms with Gasteiger partial charge in [0.15, 0.2) is 6.04 Å². The van der Waals surface area contributed by atoms with Gasteiger partial charge in [-0.3, -0.25) is 9.35 Å². The summed E-state index contributed by atoms with van der Waals surface area (Å²) in [5.74, 6) is -1.29. The molecule has 5 rings (SSSR count). The van der Waals surface area contributed by atoms with Gasteiger partial charge in [0.05, 0.1) is 29.6 Å². The Hall–Kier alpha value is -3.72. The lowest BCUT2D eigenvalue weighted by atomic mass is 10.1. The first-order valence-electron chi connectivity index (χ1n) is 10.7. The molecule has 3 heterocycles. The summed E-state index contributed by atoms with van der Waals surface area (Å²) in [6.07, 6.45) is -1.08. The summed E-state index contributed by atoms with van der Waals surface area (Å²) < 4.78 is 33.4. The van der Waals surface area contributed by atoms with Crippen LogP contribution in [0.3, 0.4) is 0 Å². The number of nitrogens with zero attached hydrogens (tertiary/aromatic N) is 5. The van der Waals surface area contributed by atoms with Crippen LogP contribution in [-0.2, 0) is 33.6 Å². The number of fused-ring (bicyclic) bond motifs is 1. The Labute approximate surface area is 210 Å². The number of rotatable bonds is 9. The molecule has 2 atom stereocenters. The van der Waals surface area contributed by atoms with Crippen molar-refractivity contribution in [3.63, 3.8) is 0 Å². The van der Waals surface area contributed by atoms with E-state index in [2.05, 4.69) is 21.2 Å². The van der Waals surface area contributed by atoms with E-state index in [1.165, 1.54) is 11.3 Å². The SMILES string of the molecule is O=C(O)C(Cc1nnc(Cc2nc3ccc(-c4ccccc4)cc3s2)o1)N(N1CCOC1=O)S(=O)O. The Bertz CT molecular complexity index is 1440. The van der Waals surface area contributed by atoms with Crippen LogP contribution in [0.25, 0.3) is 21.3 Å². The first-order valence-corrected chi connectivity index (χ1v) is 12.6. The lowest BCUT2D eigenvalue weighted by molar-refractivity contribution is -0.144. The van der Waals surface area contributed by atoms with Crippen LogP contribution >= 0.6 is 11.3 Å². The highest BCUT2D eigenvalue weighted by Crippen LogP contribution is 2.29. The van der Waals surface area contributed by atoms with Crippen LogP contribution in [0.5, 0.6) is 0 Å². The van der Waals surface area contributed by atoms with Gasteiger partial charge in [0.1, 0.15) is 11.6 Å². The van der Waals surface area contributed by atoms with Gasteiger partial charge in [0.25, 0.3) is 11.3 Å². The minimum absolute atomic E-state index is 0.0292. The Balaban J connectivity index is 1.32. The molecule has 0 radical (unpaired) electrons. The molecule has 2 aromatic heterocycles. The summed E-state index contributed by atoms with van der Waals surface area (Å²) in [7, 11) is 0. The number of carbonyl (C=O) groups excluding carboxylic acids is 1. The fraction of sp³-hybridized carbons (Fsp3) is 0.227. The number of carbonyl (C=O) groups is 2. The number of thiazole rings is 1. The summed E-state index contributed by atoms with van der Waals surface area (Å²) >= 11 is -1.33. The third-order valence-electron chi connectivity index (χ3n) is 5.41. The third kappa shape index (κ3) is 4.97. The maximum Gasteiger partial charge on any atom is 0.425 e. The Morgan fingerprint density at radius 3 is 2.64 bits per heavy atom. The lowest BCUT2D eigenvalue weighted by Gasteiger charge is -2.29. The van der Waals surface area contributed by atoms with Crippen LogP contribution in [0.15, 0.2) is 52.9 Å². The molecule has 2 N–H and O–H groups in total. The molecule has 186 valence electrons. The highest BCUT2D eigenvalue weighted by atomic mass is 32.2. The average Bonchev–Trinajstić information content (AvgIpc) is 3.59. The molecule has 0 saturated carbocycles. The lowest BCUT2D eigenvalue weighted by Crippen LogP contribution is -2.54. The van der Waals surface area contributed by atoms with E-state index < -0.39 is 35.8 Å². The number of cyclic esters (lactones) is 1. The summed E-state index contributed by atoms with van der Waals surface area (Å²) in [5.41, 5.74) is 3.01. The molecular weight excluding hydrogens is 510 g/mol. The first-order chi connectivity index (χ1) is 17.4. The summed E-state index contributed by atoms with van der Waals surface area (Å²) in [6.45, 7) is -0.0911. The van der Waals surface area contributed by atoms with Gasteiger partial charge >= 0.3 is 12.1 Å². The third-order valence-corrected chi connectivity index (χ3v) is 7.20. The fourth-order valence-electron chi connectivity index (χ4n) is 3.78. The second-order valence-electron chi connectivity index (χ2n) is 7.75. The van der Waals surface area contributed by atoms with E-state index in [1.54, 1.807) is 0 Å². The zero-order valence-corrected chi connectivity index (χ0v) is 20.1. The number of carboxylic acids is 1. The number of amides is 1. The van der Waals surface area contributed by atoms with Crippen molar-refractivity contribution in [2.75, 3.05) is 13.2 Å². The highest BCUT2D eigenvalue weighted by Gasteiger charge is 2.41. The van der Waals surface area contributed by atoms with Crippen LogP contribution in [0.2, 0.25) is 0 Å². The van der Waals surface area contributed by atoms with Gasteiger partial charge < -0.3 is 14.3 Å². The monoisotopic (exact) mass is 529 g/mol. The van der Waals surface area contributed by atoms with Crippen molar-refractivity contribution in [1.29, 1.82) is 0 Å². The molecular formula is C22H19N5O7S2. The number of aromatic nitrogens is 3. The van der Waals surface area contributed by atoms with E-state index in [0.717, 1.165) is 31.4 Å². The predicted molar refractivity (Wildman–Crippen MR) is 128 cm³/mol. The number of aliphatic carboxylic acids is 1. The first kappa shape index (κ1) is 24.0. The van der Waals surface area contributed by atoms with Crippen LogP contribution in [0, 0.1) is 0 Å². The molecule has 0 aliphatic carbocycles. The average molecular weight is 530 g/mol. The van der Waals surface area contributed by atoms with Crippen LogP contribution in [-0.4, -0.2) is 69.7 Å². The smallest absolute Gasteiger partial charge is 0.425 e. The van der Waals surface area contributed by atoms with Crippen molar-refractivity contribution >= 4 is 44.9 Å². The number of hydrogen-bond donors (Lipinski definition) is 2. The van der Waals surface area contributed by atoms with Gasteiger partial charge in [-0.15, -0.1) is 21.5 Å². The van der Waals surface area contributed by atoms with Gasteiger partial charge in [-0.25, -0.2) is 19.0 Å². The molecule has 0 spiro atoms. The van der Waals surface area contributed by atoms with Crippen molar-refractivity contribution in [2.24, 2.45) is 0 Å². The van der Waals surface area contributed by atoms with Crippen LogP contribution in [0.1, 0.15) is 16.8 Å². The minimum Gasteiger partial charge on any atom is -0.480 e. The van der Waals surface area contributed by atoms with Gasteiger partial charge in [-0.2, -0.15) is 0 Å². The van der Waals surface area contributed by atoms with Gasteiger partial charge in [-0.05, 0) is 23.3 Å². The molecule has 2 unspecified atom stereocenters. The Morgan fingerprint density at radius 2 is 1.94 bits per heavy atom. The maximum absolute atomic E-state index is 11.9. The quantitative estimate of drug-likeness (QED) is 0.309. The number of carboxylic acid groups (broad SMARTS) is 1. The molecule has 1 aliphatic heterocycles. The molecule has 1 amide bonds. The predicted octanol–water partition coefficient (Wildman–Crippen LogP) is 2.74. The van der Waals surface area contributed by atoms with Gasteiger partial charge in [0.2, 0.25) is 11.8 Å². The largest absolute Gasteiger partial charge is 0.480 e. The zero-order chi connectivity index (χ0) is 25.2. The van der Waals surface area contributed by atoms with Gasteiger partial charge in [0, 0.05) is 0 Å². The molecule has 0 bridgehead atoms. The fourth-order valence-corrected chi connectivity index (χ4v) is 5.48. The summed E-state index contributed by atoms with van der Waals surface area (Å²) in [4.78, 5) is 28.3. The molecule has 14 heteroatoms. The van der Waals surface area contributed by atoms with E-state index >= 15 is 0 Å². The van der Waals surface area contributed by atoms with Crippen molar-refractivity contribution in [1.82, 2.24) is 24.6 Å². The zero-order valence-electron chi connectivity index (χ0n) is 18.5. The van der Waals surface area contributed by atoms with E-state index in [1.807, 2.05) is 42.5 Å². The van der Waals surface area contributed by atoms with E-state index in [-0.39, 0.29) is 31.4 Å². The van der Waals surface area contributed by atoms with Crippen molar-refractivity contribution in [3.05, 3.63) is 65.3 Å². The molecule has 1 aliphatic rings. The maximum atomic E-state index is 11.9. The van der Waals surface area contributed by atoms with Crippen molar-refractivity contribution in [2.45, 2.75) is 18.9 Å². The normalized spacial score (nSPS) is 15.4. The molecule has 1 saturated heterocycles. The highest BCUT2D eigenvalue weighted by molar-refractivity contribution is 7.76. The van der Waals surface area contributed by atoms with Crippen LogP contribution in [0.4, 0.5) is 4.79 Å². The topological polar surface area (TPSA) is 159 Å². The number of hydrazine groups is 1. The van der Waals surface area contributed by atoms with E-state index in [0.29, 0.717) is 4.41 Å². The Kier molecular flexibility index (Phi) is 6.73. The second kappa shape index (κ2) is 10.1. The molecule has 12 nitrogen and oxygen atoms in total. The summed E-state index contributed by atoms with van der Waals surface area (Å²) in [5, 5.41) is 19.0. The minimum atomic E-state index is -2.81. The van der Waals surface area contributed by atoms with E-state index in [9.17, 15) is 23.5 Å². The number of ether oxygens (including phenoxy) is 1. The van der Waals surface area contributed by atoms with Crippen molar-refractivity contribution in [3.8, 4) is 11.1 Å². The van der Waals surface area contributed by atoms with E-state index in [4.69, 9.17) is 9.15 Å². The van der Waals surface area contributed by atoms with Gasteiger partial charge in [-0.1, -0.05) is 40.8 Å². The number of hydrogen-bond acceptors (Lipinski definition) is 9. The molecule has 4 aromatic rings. The van der Waals surface area contributed by atoms with Crippen LogP contribution < -0.4 is 0 Å². The summed E-state index contributed by atoms with van der Waals surface area (Å²) in [6, 6.07) is 14.4. The molecule has 36 heavy (non-hydrogen) atoms. The standard InChI is InChI=1S/C22H19N5O7S2/c28-21(29)16(27(36(31)32)26-8-9-33-22(26)30)11-18-24-25-19(34-18)12-20-23-15-7-6-14(10-17(15)35-20)13-4-2-1-3-5-13/h1-7,10,16H,8-9,11-12H2,(H,28,29)(H,31,32). The van der Waals surface area contributed by atoms with Crippen molar-refractivity contribution < 1.29 is 32.6 Å². The second-order valence-corrected chi connectivity index (χ2v) is 9.70. The molecule has 2 aromatic carbocycles. The number of benzene rings is 2.